The molecule has 0 aliphatic rings. The molecule has 1 amide bonds. The molecule has 3 aromatic rings. The first-order valence-electron chi connectivity index (χ1n) is 7.62. The third kappa shape index (κ3) is 3.57. The minimum Gasteiger partial charge on any atom is -0.378 e. The van der Waals surface area contributed by atoms with E-state index in [1.165, 1.54) is 12.1 Å². The number of imidazole rings is 1. The maximum atomic E-state index is 12.3. The Morgan fingerprint density at radius 3 is 2.80 bits per heavy atom. The van der Waals surface area contributed by atoms with Crippen LogP contribution in [0.1, 0.15) is 16.2 Å². The standard InChI is InChI=1S/C17H17N5O3/c1-21(2)12-5-3-4-11(8-12)17(23)18-10-16-19-14-7-6-13(22(24)25)9-15(14)20-16/h3-9H,10H2,1-2H3,(H,18,23)(H,19,20). The van der Waals surface area contributed by atoms with Crippen molar-refractivity contribution in [1.82, 2.24) is 15.3 Å². The number of hydrogen-bond donors (Lipinski definition) is 2. The Hall–Kier alpha value is -3.42. The van der Waals surface area contributed by atoms with Gasteiger partial charge in [-0.2, -0.15) is 0 Å². The fourth-order valence-corrected chi connectivity index (χ4v) is 2.44. The first-order chi connectivity index (χ1) is 11.9. The summed E-state index contributed by atoms with van der Waals surface area (Å²) < 4.78 is 0. The average molecular weight is 339 g/mol. The number of H-pyrrole nitrogens is 1. The molecule has 128 valence electrons. The van der Waals surface area contributed by atoms with E-state index in [2.05, 4.69) is 15.3 Å². The number of rotatable bonds is 5. The predicted octanol–water partition coefficient (Wildman–Crippen LogP) is 2.47. The Labute approximate surface area is 143 Å². The fourth-order valence-electron chi connectivity index (χ4n) is 2.44. The summed E-state index contributed by atoms with van der Waals surface area (Å²) >= 11 is 0. The Morgan fingerprint density at radius 1 is 1.28 bits per heavy atom. The van der Waals surface area contributed by atoms with Gasteiger partial charge < -0.3 is 15.2 Å². The second kappa shape index (κ2) is 6.60. The first-order valence-corrected chi connectivity index (χ1v) is 7.62. The lowest BCUT2D eigenvalue weighted by Gasteiger charge is -2.13. The van der Waals surface area contributed by atoms with Crippen LogP contribution in [0.4, 0.5) is 11.4 Å². The van der Waals surface area contributed by atoms with Crippen molar-refractivity contribution in [1.29, 1.82) is 0 Å². The number of amides is 1. The maximum Gasteiger partial charge on any atom is 0.271 e. The van der Waals surface area contributed by atoms with Crippen LogP contribution in [0.5, 0.6) is 0 Å². The van der Waals surface area contributed by atoms with Crippen molar-refractivity contribution >= 4 is 28.3 Å². The van der Waals surface area contributed by atoms with E-state index >= 15 is 0 Å². The molecule has 1 heterocycles. The van der Waals surface area contributed by atoms with E-state index in [9.17, 15) is 14.9 Å². The number of aromatic amines is 1. The molecule has 0 atom stereocenters. The highest BCUT2D eigenvalue weighted by molar-refractivity contribution is 5.95. The lowest BCUT2D eigenvalue weighted by molar-refractivity contribution is -0.384. The highest BCUT2D eigenvalue weighted by atomic mass is 16.6. The summed E-state index contributed by atoms with van der Waals surface area (Å²) in [6.45, 7) is 0.202. The van der Waals surface area contributed by atoms with Gasteiger partial charge in [-0.15, -0.1) is 0 Å². The number of carbonyl (C=O) groups is 1. The van der Waals surface area contributed by atoms with E-state index in [0.29, 0.717) is 22.4 Å². The largest absolute Gasteiger partial charge is 0.378 e. The maximum absolute atomic E-state index is 12.3. The van der Waals surface area contributed by atoms with Gasteiger partial charge in [0.05, 0.1) is 22.5 Å². The number of fused-ring (bicyclic) bond motifs is 1. The molecule has 3 rings (SSSR count). The van der Waals surface area contributed by atoms with Gasteiger partial charge in [-0.3, -0.25) is 14.9 Å². The molecular weight excluding hydrogens is 322 g/mol. The van der Waals surface area contributed by atoms with Crippen molar-refractivity contribution in [3.8, 4) is 0 Å². The molecule has 0 fully saturated rings. The van der Waals surface area contributed by atoms with Crippen LogP contribution >= 0.6 is 0 Å². The topological polar surface area (TPSA) is 104 Å². The molecule has 0 bridgehead atoms. The molecule has 0 unspecified atom stereocenters. The SMILES string of the molecule is CN(C)c1cccc(C(=O)NCc2nc3ccc([N+](=O)[O-])cc3[nH]2)c1. The van der Waals surface area contributed by atoms with Gasteiger partial charge in [0.25, 0.3) is 11.6 Å². The predicted molar refractivity (Wildman–Crippen MR) is 94.7 cm³/mol. The second-order valence-electron chi connectivity index (χ2n) is 5.77. The van der Waals surface area contributed by atoms with Crippen LogP contribution in [-0.4, -0.2) is 34.9 Å². The zero-order valence-corrected chi connectivity index (χ0v) is 13.8. The number of anilines is 1. The molecule has 1 aromatic heterocycles. The van der Waals surface area contributed by atoms with Gasteiger partial charge in [0.15, 0.2) is 0 Å². The van der Waals surface area contributed by atoms with Crippen molar-refractivity contribution in [2.24, 2.45) is 0 Å². The summed E-state index contributed by atoms with van der Waals surface area (Å²) in [6, 6.07) is 11.7. The molecule has 0 saturated heterocycles. The third-order valence-corrected chi connectivity index (χ3v) is 3.77. The first kappa shape index (κ1) is 16.4. The lowest BCUT2D eigenvalue weighted by Crippen LogP contribution is -2.23. The normalized spacial score (nSPS) is 10.6. The van der Waals surface area contributed by atoms with Crippen LogP contribution in [0.2, 0.25) is 0 Å². The Bertz CT molecular complexity index is 948. The van der Waals surface area contributed by atoms with Crippen molar-refractivity contribution in [2.45, 2.75) is 6.54 Å². The molecule has 0 saturated carbocycles. The Kier molecular flexibility index (Phi) is 4.34. The highest BCUT2D eigenvalue weighted by Gasteiger charge is 2.11. The summed E-state index contributed by atoms with van der Waals surface area (Å²) in [7, 11) is 3.81. The molecule has 8 heteroatoms. The van der Waals surface area contributed by atoms with Gasteiger partial charge in [-0.05, 0) is 24.3 Å². The number of benzene rings is 2. The van der Waals surface area contributed by atoms with Gasteiger partial charge >= 0.3 is 0 Å². The van der Waals surface area contributed by atoms with E-state index in [4.69, 9.17) is 0 Å². The monoisotopic (exact) mass is 339 g/mol. The van der Waals surface area contributed by atoms with E-state index in [0.717, 1.165) is 5.69 Å². The number of nitro benzene ring substituents is 1. The van der Waals surface area contributed by atoms with Crippen LogP contribution in [0.15, 0.2) is 42.5 Å². The zero-order valence-electron chi connectivity index (χ0n) is 13.8. The molecule has 0 aliphatic heterocycles. The van der Waals surface area contributed by atoms with Crippen LogP contribution in [0.3, 0.4) is 0 Å². The van der Waals surface area contributed by atoms with Gasteiger partial charge in [0.2, 0.25) is 0 Å². The molecule has 25 heavy (non-hydrogen) atoms. The minimum atomic E-state index is -0.459. The molecule has 0 aliphatic carbocycles. The second-order valence-corrected chi connectivity index (χ2v) is 5.77. The van der Waals surface area contributed by atoms with Crippen LogP contribution in [-0.2, 0) is 6.54 Å². The molecule has 0 radical (unpaired) electrons. The van der Waals surface area contributed by atoms with Gasteiger partial charge in [0, 0.05) is 37.5 Å². The Balaban J connectivity index is 1.72. The van der Waals surface area contributed by atoms with Gasteiger partial charge in [-0.25, -0.2) is 4.98 Å². The number of nitro groups is 1. The van der Waals surface area contributed by atoms with Crippen molar-refractivity contribution in [3.05, 3.63) is 64.0 Å². The van der Waals surface area contributed by atoms with E-state index in [1.54, 1.807) is 18.2 Å². The summed E-state index contributed by atoms with van der Waals surface area (Å²) in [5.41, 5.74) is 2.66. The minimum absolute atomic E-state index is 0.00719. The molecule has 8 nitrogen and oxygen atoms in total. The Morgan fingerprint density at radius 2 is 2.08 bits per heavy atom. The lowest BCUT2D eigenvalue weighted by atomic mass is 10.2. The third-order valence-electron chi connectivity index (χ3n) is 3.77. The van der Waals surface area contributed by atoms with Crippen molar-refractivity contribution in [3.63, 3.8) is 0 Å². The average Bonchev–Trinajstić information content (AvgIpc) is 3.01. The zero-order chi connectivity index (χ0) is 18.0. The number of nitrogens with zero attached hydrogens (tertiary/aromatic N) is 3. The molecular formula is C17H17N5O3. The quantitative estimate of drug-likeness (QED) is 0.549. The highest BCUT2D eigenvalue weighted by Crippen LogP contribution is 2.19. The smallest absolute Gasteiger partial charge is 0.271 e. The van der Waals surface area contributed by atoms with Crippen LogP contribution in [0, 0.1) is 10.1 Å². The summed E-state index contributed by atoms with van der Waals surface area (Å²) in [5.74, 6) is 0.322. The van der Waals surface area contributed by atoms with Gasteiger partial charge in [-0.1, -0.05) is 6.07 Å². The van der Waals surface area contributed by atoms with E-state index in [1.807, 2.05) is 31.1 Å². The van der Waals surface area contributed by atoms with Gasteiger partial charge in [0.1, 0.15) is 5.82 Å². The number of non-ortho nitro benzene ring substituents is 1. The number of nitrogens with one attached hydrogen (secondary N) is 2. The number of hydrogen-bond acceptors (Lipinski definition) is 5. The van der Waals surface area contributed by atoms with E-state index < -0.39 is 4.92 Å². The van der Waals surface area contributed by atoms with Crippen LogP contribution in [0.25, 0.3) is 11.0 Å². The molecule has 2 aromatic carbocycles. The van der Waals surface area contributed by atoms with E-state index in [-0.39, 0.29) is 18.1 Å². The summed E-state index contributed by atoms with van der Waals surface area (Å²) in [6.07, 6.45) is 0. The molecule has 2 N–H and O–H groups in total. The molecule has 0 spiro atoms. The summed E-state index contributed by atoms with van der Waals surface area (Å²) in [5, 5.41) is 13.6. The van der Waals surface area contributed by atoms with Crippen LogP contribution < -0.4 is 10.2 Å². The number of aromatic nitrogens is 2. The number of carbonyl (C=O) groups excluding carboxylic acids is 1. The van der Waals surface area contributed by atoms with Crippen molar-refractivity contribution in [2.75, 3.05) is 19.0 Å². The summed E-state index contributed by atoms with van der Waals surface area (Å²) in [4.78, 5) is 31.9. The van der Waals surface area contributed by atoms with Crippen molar-refractivity contribution < 1.29 is 9.72 Å². The fraction of sp³-hybridized carbons (Fsp3) is 0.176.